The van der Waals surface area contributed by atoms with Crippen molar-refractivity contribution in [1.82, 2.24) is 4.90 Å². The third-order valence-electron chi connectivity index (χ3n) is 3.70. The molecule has 2 rings (SSSR count). The smallest absolute Gasteiger partial charge is 0.308 e. The van der Waals surface area contributed by atoms with Crippen molar-refractivity contribution < 1.29 is 19.4 Å². The minimum Gasteiger partial charge on any atom is -0.481 e. The summed E-state index contributed by atoms with van der Waals surface area (Å²) in [5.41, 5.74) is 1.51. The molecule has 2 atom stereocenters. The van der Waals surface area contributed by atoms with Gasteiger partial charge >= 0.3 is 5.97 Å². The lowest BCUT2D eigenvalue weighted by Crippen LogP contribution is -2.30. The van der Waals surface area contributed by atoms with Gasteiger partial charge in [-0.1, -0.05) is 19.1 Å². The lowest BCUT2D eigenvalue weighted by atomic mass is 9.99. The fourth-order valence-electron chi connectivity index (χ4n) is 2.60. The zero-order chi connectivity index (χ0) is 14.7. The summed E-state index contributed by atoms with van der Waals surface area (Å²) in [7, 11) is 1.61. The number of carboxylic acid groups (broad SMARTS) is 1. The van der Waals surface area contributed by atoms with E-state index in [4.69, 9.17) is 9.84 Å². The van der Waals surface area contributed by atoms with Gasteiger partial charge in [-0.25, -0.2) is 0 Å². The van der Waals surface area contributed by atoms with Crippen LogP contribution in [0, 0.1) is 11.8 Å². The Morgan fingerprint density at radius 2 is 2.15 bits per heavy atom. The molecule has 1 aromatic rings. The quantitative estimate of drug-likeness (QED) is 0.908. The summed E-state index contributed by atoms with van der Waals surface area (Å²) in [6.07, 6.45) is 0. The van der Waals surface area contributed by atoms with Gasteiger partial charge in [0.25, 0.3) is 5.91 Å². The van der Waals surface area contributed by atoms with E-state index in [0.29, 0.717) is 18.7 Å². The van der Waals surface area contributed by atoms with Crippen LogP contribution in [0.2, 0.25) is 0 Å². The molecule has 1 aliphatic heterocycles. The number of carboxylic acids is 1. The van der Waals surface area contributed by atoms with E-state index in [1.54, 1.807) is 24.1 Å². The number of aliphatic carboxylic acids is 1. The summed E-state index contributed by atoms with van der Waals surface area (Å²) in [6, 6.07) is 7.26. The highest BCUT2D eigenvalue weighted by Crippen LogP contribution is 2.24. The Bertz CT molecular complexity index is 514. The zero-order valence-electron chi connectivity index (χ0n) is 11.7. The molecule has 108 valence electrons. The van der Waals surface area contributed by atoms with Gasteiger partial charge in [-0.2, -0.15) is 0 Å². The molecule has 1 heterocycles. The Morgan fingerprint density at radius 1 is 1.40 bits per heavy atom. The number of hydrogen-bond donors (Lipinski definition) is 1. The first-order valence-electron chi connectivity index (χ1n) is 6.63. The number of nitrogens with zero attached hydrogens (tertiary/aromatic N) is 1. The molecule has 0 saturated carbocycles. The number of amides is 1. The van der Waals surface area contributed by atoms with Crippen LogP contribution >= 0.6 is 0 Å². The monoisotopic (exact) mass is 277 g/mol. The third kappa shape index (κ3) is 2.99. The number of carbonyl (C=O) groups excluding carboxylic acids is 1. The van der Waals surface area contributed by atoms with Crippen molar-refractivity contribution in [2.45, 2.75) is 13.5 Å². The second kappa shape index (κ2) is 6.05. The predicted octanol–water partition coefficient (Wildman–Crippen LogP) is 1.63. The van der Waals surface area contributed by atoms with E-state index in [1.165, 1.54) is 0 Å². The van der Waals surface area contributed by atoms with Gasteiger partial charge in [0.1, 0.15) is 0 Å². The van der Waals surface area contributed by atoms with Crippen LogP contribution in [-0.4, -0.2) is 42.1 Å². The largest absolute Gasteiger partial charge is 0.481 e. The Labute approximate surface area is 118 Å². The van der Waals surface area contributed by atoms with Crippen molar-refractivity contribution in [2.24, 2.45) is 11.8 Å². The van der Waals surface area contributed by atoms with Gasteiger partial charge in [-0.15, -0.1) is 0 Å². The number of hydrogen-bond acceptors (Lipinski definition) is 3. The Balaban J connectivity index is 2.12. The molecule has 5 heteroatoms. The van der Waals surface area contributed by atoms with Crippen LogP contribution in [0.4, 0.5) is 0 Å². The van der Waals surface area contributed by atoms with Crippen molar-refractivity contribution in [3.8, 4) is 0 Å². The van der Waals surface area contributed by atoms with Crippen LogP contribution < -0.4 is 0 Å². The molecule has 0 bridgehead atoms. The van der Waals surface area contributed by atoms with Crippen molar-refractivity contribution in [1.29, 1.82) is 0 Å². The topological polar surface area (TPSA) is 66.8 Å². The summed E-state index contributed by atoms with van der Waals surface area (Å²) in [6.45, 7) is 3.09. The fourth-order valence-corrected chi connectivity index (χ4v) is 2.60. The first-order valence-corrected chi connectivity index (χ1v) is 6.63. The van der Waals surface area contributed by atoms with Crippen LogP contribution in [0.15, 0.2) is 24.3 Å². The van der Waals surface area contributed by atoms with Crippen LogP contribution in [0.3, 0.4) is 0 Å². The van der Waals surface area contributed by atoms with E-state index in [9.17, 15) is 9.59 Å². The standard InChI is InChI=1S/C15H19NO4/c1-10-7-16(8-13(10)15(18)19)14(17)12-5-3-4-11(6-12)9-20-2/h3-6,10,13H,7-9H2,1-2H3,(H,18,19)/t10-,13-/m1/s1. The first-order chi connectivity index (χ1) is 9.52. The average molecular weight is 277 g/mol. The first kappa shape index (κ1) is 14.5. The van der Waals surface area contributed by atoms with Crippen LogP contribution in [0.25, 0.3) is 0 Å². The van der Waals surface area contributed by atoms with Crippen LogP contribution in [-0.2, 0) is 16.1 Å². The van der Waals surface area contributed by atoms with E-state index >= 15 is 0 Å². The van der Waals surface area contributed by atoms with Gasteiger partial charge in [0.05, 0.1) is 12.5 Å². The molecule has 0 spiro atoms. The lowest BCUT2D eigenvalue weighted by molar-refractivity contribution is -0.142. The van der Waals surface area contributed by atoms with Gasteiger partial charge in [0, 0.05) is 25.8 Å². The van der Waals surface area contributed by atoms with E-state index in [1.807, 2.05) is 19.1 Å². The number of methoxy groups -OCH3 is 1. The van der Waals surface area contributed by atoms with Crippen molar-refractivity contribution >= 4 is 11.9 Å². The van der Waals surface area contributed by atoms with Crippen molar-refractivity contribution in [3.63, 3.8) is 0 Å². The summed E-state index contributed by atoms with van der Waals surface area (Å²) < 4.78 is 5.05. The molecule has 0 radical (unpaired) electrons. The summed E-state index contributed by atoms with van der Waals surface area (Å²) in [4.78, 5) is 25.1. The molecule has 1 fully saturated rings. The fraction of sp³-hybridized carbons (Fsp3) is 0.467. The molecule has 20 heavy (non-hydrogen) atoms. The predicted molar refractivity (Wildman–Crippen MR) is 73.3 cm³/mol. The second-order valence-corrected chi connectivity index (χ2v) is 5.27. The average Bonchev–Trinajstić information content (AvgIpc) is 2.81. The molecule has 0 unspecified atom stereocenters. The maximum Gasteiger partial charge on any atom is 0.308 e. The lowest BCUT2D eigenvalue weighted by Gasteiger charge is -2.16. The summed E-state index contributed by atoms with van der Waals surface area (Å²) >= 11 is 0. The van der Waals surface area contributed by atoms with E-state index in [-0.39, 0.29) is 18.4 Å². The van der Waals surface area contributed by atoms with E-state index in [2.05, 4.69) is 0 Å². The molecule has 0 aliphatic carbocycles. The Kier molecular flexibility index (Phi) is 4.39. The molecule has 1 N–H and O–H groups in total. The maximum atomic E-state index is 12.4. The minimum atomic E-state index is -0.832. The van der Waals surface area contributed by atoms with E-state index < -0.39 is 11.9 Å². The number of ether oxygens (including phenoxy) is 1. The summed E-state index contributed by atoms with van der Waals surface area (Å²) in [5, 5.41) is 9.11. The molecule has 5 nitrogen and oxygen atoms in total. The van der Waals surface area contributed by atoms with Gasteiger partial charge in [-0.3, -0.25) is 9.59 Å². The molecule has 0 aromatic heterocycles. The Hall–Kier alpha value is -1.88. The number of likely N-dealkylation sites (tertiary alicyclic amines) is 1. The van der Waals surface area contributed by atoms with Crippen LogP contribution in [0.1, 0.15) is 22.8 Å². The molecular formula is C15H19NO4. The van der Waals surface area contributed by atoms with E-state index in [0.717, 1.165) is 5.56 Å². The number of rotatable bonds is 4. The SMILES string of the molecule is COCc1cccc(C(=O)N2C[C@@H](C)[C@H](C(=O)O)C2)c1. The van der Waals surface area contributed by atoms with Gasteiger partial charge in [-0.05, 0) is 23.6 Å². The summed E-state index contributed by atoms with van der Waals surface area (Å²) in [5.74, 6) is -1.43. The molecule has 1 saturated heterocycles. The molecule has 1 aliphatic rings. The highest BCUT2D eigenvalue weighted by atomic mass is 16.5. The van der Waals surface area contributed by atoms with Gasteiger partial charge in [0.15, 0.2) is 0 Å². The van der Waals surface area contributed by atoms with Gasteiger partial charge in [0.2, 0.25) is 0 Å². The van der Waals surface area contributed by atoms with Gasteiger partial charge < -0.3 is 14.7 Å². The van der Waals surface area contributed by atoms with Crippen molar-refractivity contribution in [2.75, 3.05) is 20.2 Å². The van der Waals surface area contributed by atoms with Crippen LogP contribution in [0.5, 0.6) is 0 Å². The maximum absolute atomic E-state index is 12.4. The second-order valence-electron chi connectivity index (χ2n) is 5.27. The zero-order valence-corrected chi connectivity index (χ0v) is 11.7. The normalized spacial score (nSPS) is 22.0. The molecular weight excluding hydrogens is 258 g/mol. The van der Waals surface area contributed by atoms with Crippen molar-refractivity contribution in [3.05, 3.63) is 35.4 Å². The molecule has 1 aromatic carbocycles. The Morgan fingerprint density at radius 3 is 2.75 bits per heavy atom. The number of carbonyl (C=O) groups is 2. The highest BCUT2D eigenvalue weighted by Gasteiger charge is 2.37. The number of benzene rings is 1. The molecule has 1 amide bonds. The minimum absolute atomic E-state index is 0.0152. The highest BCUT2D eigenvalue weighted by molar-refractivity contribution is 5.95. The third-order valence-corrected chi connectivity index (χ3v) is 3.70.